The smallest absolute Gasteiger partial charge is 0.417 e. The molecule has 0 atom stereocenters. The van der Waals surface area contributed by atoms with Crippen LogP contribution in [0.2, 0.25) is 0 Å². The largest absolute Gasteiger partial charge is 0.503 e. The summed E-state index contributed by atoms with van der Waals surface area (Å²) in [6.07, 6.45) is -3.42. The summed E-state index contributed by atoms with van der Waals surface area (Å²) in [5, 5.41) is 0. The number of carbonyl (C=O) groups is 1. The monoisotopic (exact) mass is 456 g/mol. The highest BCUT2D eigenvalue weighted by molar-refractivity contribution is 6.17. The lowest BCUT2D eigenvalue weighted by atomic mass is 10.00. The van der Waals surface area contributed by atoms with Crippen LogP contribution in [0.4, 0.5) is 26.3 Å². The lowest BCUT2D eigenvalue weighted by Crippen LogP contribution is -2.12. The van der Waals surface area contributed by atoms with Gasteiger partial charge in [-0.05, 0) is 28.8 Å². The second kappa shape index (κ2) is 10.2. The van der Waals surface area contributed by atoms with Gasteiger partial charge in [-0.2, -0.15) is 26.3 Å². The lowest BCUT2D eigenvalue weighted by Gasteiger charge is -2.14. The summed E-state index contributed by atoms with van der Waals surface area (Å²) in [6, 6.07) is 8.08. The minimum absolute atomic E-state index is 0.0802. The topological polar surface area (TPSA) is 35.5 Å². The summed E-state index contributed by atoms with van der Waals surface area (Å²) in [5.41, 5.74) is -2.08. The maximum Gasteiger partial charge on any atom is 0.417 e. The Hall–Kier alpha value is -3.49. The predicted molar refractivity (Wildman–Crippen MR) is 108 cm³/mol. The van der Waals surface area contributed by atoms with Gasteiger partial charge in [0.25, 0.3) is 0 Å². The van der Waals surface area contributed by atoms with Gasteiger partial charge >= 0.3 is 18.3 Å². The van der Waals surface area contributed by atoms with Crippen molar-refractivity contribution in [2.24, 2.45) is 0 Å². The molecule has 0 unspecified atom stereocenters. The van der Waals surface area contributed by atoms with Crippen LogP contribution < -0.4 is 0 Å². The van der Waals surface area contributed by atoms with Gasteiger partial charge in [0.2, 0.25) is 0 Å². The average Bonchev–Trinajstić information content (AvgIpc) is 2.73. The zero-order valence-corrected chi connectivity index (χ0v) is 16.9. The molecule has 0 aromatic heterocycles. The summed E-state index contributed by atoms with van der Waals surface area (Å²) in [4.78, 5) is 12.0. The molecule has 2 aromatic carbocycles. The van der Waals surface area contributed by atoms with Gasteiger partial charge in [0.1, 0.15) is 5.57 Å². The first kappa shape index (κ1) is 24.8. The Morgan fingerprint density at radius 2 is 1.47 bits per heavy atom. The Labute approximate surface area is 180 Å². The molecule has 0 heterocycles. The van der Waals surface area contributed by atoms with Crippen molar-refractivity contribution in [1.29, 1.82) is 0 Å². The second-order valence-corrected chi connectivity index (χ2v) is 6.36. The molecule has 0 bridgehead atoms. The van der Waals surface area contributed by atoms with Crippen molar-refractivity contribution in [2.75, 3.05) is 14.2 Å². The highest BCUT2D eigenvalue weighted by atomic mass is 19.4. The number of benzene rings is 2. The van der Waals surface area contributed by atoms with E-state index in [1.807, 2.05) is 0 Å². The molecule has 9 heteroatoms. The van der Waals surface area contributed by atoms with Gasteiger partial charge in [0, 0.05) is 0 Å². The predicted octanol–water partition coefficient (Wildman–Crippen LogP) is 6.61. The summed E-state index contributed by atoms with van der Waals surface area (Å²) in [5.74, 6) is -0.650. The molecule has 0 aliphatic carbocycles. The van der Waals surface area contributed by atoms with E-state index in [4.69, 9.17) is 9.47 Å². The molecule has 0 amide bonds. The van der Waals surface area contributed by atoms with E-state index < -0.39 is 35.0 Å². The average molecular weight is 456 g/mol. The third-order valence-electron chi connectivity index (χ3n) is 4.24. The number of alkyl halides is 6. The number of methoxy groups -OCH3 is 2. The fourth-order valence-corrected chi connectivity index (χ4v) is 2.78. The van der Waals surface area contributed by atoms with Crippen LogP contribution in [-0.4, -0.2) is 20.2 Å². The van der Waals surface area contributed by atoms with Crippen molar-refractivity contribution in [3.63, 3.8) is 0 Å². The van der Waals surface area contributed by atoms with Gasteiger partial charge < -0.3 is 9.47 Å². The number of halogens is 6. The highest BCUT2D eigenvalue weighted by Gasteiger charge is 2.37. The van der Waals surface area contributed by atoms with Gasteiger partial charge in [-0.1, -0.05) is 54.6 Å². The van der Waals surface area contributed by atoms with E-state index in [9.17, 15) is 31.1 Å². The van der Waals surface area contributed by atoms with E-state index >= 15 is 0 Å². The molecular weight excluding hydrogens is 438 g/mol. The number of ether oxygens (including phenoxy) is 2. The van der Waals surface area contributed by atoms with Crippen LogP contribution in [-0.2, 0) is 26.6 Å². The molecule has 0 aliphatic heterocycles. The Balaban J connectivity index is 2.38. The van der Waals surface area contributed by atoms with Crippen LogP contribution in [0.1, 0.15) is 27.8 Å². The maximum absolute atomic E-state index is 13.2. The first-order chi connectivity index (χ1) is 15.0. The number of rotatable bonds is 6. The van der Waals surface area contributed by atoms with Crippen molar-refractivity contribution in [2.45, 2.75) is 12.4 Å². The number of allylic oxidation sites excluding steroid dienone is 2. The highest BCUT2D eigenvalue weighted by Crippen LogP contribution is 2.37. The van der Waals surface area contributed by atoms with Crippen LogP contribution in [0.15, 0.2) is 60.9 Å². The standard InChI is InChI=1S/C23H18F6O3/c1-31-14-19(21(30)32-2)18-10-6-5-8-15(18)7-3-4-9-16-11-12-17(22(24,25)26)13-20(16)23(27,28)29/h3-14H,1-2H3/b7-3+,9-4+,19-14+. The molecule has 0 spiro atoms. The summed E-state index contributed by atoms with van der Waals surface area (Å²) in [6.45, 7) is 0. The second-order valence-electron chi connectivity index (χ2n) is 6.36. The summed E-state index contributed by atoms with van der Waals surface area (Å²) < 4.78 is 87.7. The summed E-state index contributed by atoms with van der Waals surface area (Å²) in [7, 11) is 2.56. The molecule has 170 valence electrons. The zero-order chi connectivity index (χ0) is 23.9. The van der Waals surface area contributed by atoms with Gasteiger partial charge in [0.05, 0.1) is 31.6 Å². The van der Waals surface area contributed by atoms with Crippen LogP contribution in [0, 0.1) is 0 Å². The molecule has 0 N–H and O–H groups in total. The van der Waals surface area contributed by atoms with E-state index in [1.54, 1.807) is 24.3 Å². The van der Waals surface area contributed by atoms with Crippen LogP contribution in [0.3, 0.4) is 0 Å². The number of hydrogen-bond donors (Lipinski definition) is 0. The van der Waals surface area contributed by atoms with Crippen molar-refractivity contribution in [1.82, 2.24) is 0 Å². The number of carbonyl (C=O) groups excluding carboxylic acids is 1. The number of hydrogen-bond acceptors (Lipinski definition) is 3. The molecular formula is C23H18F6O3. The van der Waals surface area contributed by atoms with E-state index in [1.165, 1.54) is 38.7 Å². The molecule has 0 aliphatic rings. The van der Waals surface area contributed by atoms with E-state index in [-0.39, 0.29) is 11.6 Å². The lowest BCUT2D eigenvalue weighted by molar-refractivity contribution is -0.143. The molecule has 32 heavy (non-hydrogen) atoms. The third-order valence-corrected chi connectivity index (χ3v) is 4.24. The molecule has 0 fully saturated rings. The van der Waals surface area contributed by atoms with Crippen molar-refractivity contribution in [3.8, 4) is 0 Å². The first-order valence-corrected chi connectivity index (χ1v) is 9.03. The fraction of sp³-hybridized carbons (Fsp3) is 0.174. The molecule has 0 saturated carbocycles. The van der Waals surface area contributed by atoms with Gasteiger partial charge in [-0.25, -0.2) is 4.79 Å². The van der Waals surface area contributed by atoms with Gasteiger partial charge in [-0.3, -0.25) is 0 Å². The van der Waals surface area contributed by atoms with E-state index in [0.717, 1.165) is 12.1 Å². The molecule has 3 nitrogen and oxygen atoms in total. The van der Waals surface area contributed by atoms with Crippen molar-refractivity contribution in [3.05, 3.63) is 88.7 Å². The SMILES string of the molecule is CO/C=C(/C(=O)OC)c1ccccc1/C=C/C=C/c1ccc(C(F)(F)F)cc1C(F)(F)F. The quantitative estimate of drug-likeness (QED) is 0.161. The Morgan fingerprint density at radius 1 is 0.844 bits per heavy atom. The van der Waals surface area contributed by atoms with Crippen LogP contribution in [0.25, 0.3) is 17.7 Å². The third kappa shape index (κ3) is 6.26. The van der Waals surface area contributed by atoms with Crippen molar-refractivity contribution < 1.29 is 40.6 Å². The van der Waals surface area contributed by atoms with Crippen LogP contribution in [0.5, 0.6) is 0 Å². The van der Waals surface area contributed by atoms with Crippen LogP contribution >= 0.6 is 0 Å². The van der Waals surface area contributed by atoms with E-state index in [2.05, 4.69) is 0 Å². The maximum atomic E-state index is 13.2. The Kier molecular flexibility index (Phi) is 7.91. The number of esters is 1. The first-order valence-electron chi connectivity index (χ1n) is 9.03. The minimum atomic E-state index is -4.96. The summed E-state index contributed by atoms with van der Waals surface area (Å²) >= 11 is 0. The normalized spacial score (nSPS) is 13.1. The molecule has 2 rings (SSSR count). The molecule has 0 saturated heterocycles. The molecule has 2 aromatic rings. The Morgan fingerprint density at radius 3 is 2.03 bits per heavy atom. The Bertz CT molecular complexity index is 1050. The molecule has 0 radical (unpaired) electrons. The van der Waals surface area contributed by atoms with Gasteiger partial charge in [0.15, 0.2) is 0 Å². The van der Waals surface area contributed by atoms with Crippen molar-refractivity contribution >= 4 is 23.7 Å². The van der Waals surface area contributed by atoms with E-state index in [0.29, 0.717) is 17.2 Å². The zero-order valence-electron chi connectivity index (χ0n) is 16.9. The fourth-order valence-electron chi connectivity index (χ4n) is 2.78. The van der Waals surface area contributed by atoms with Gasteiger partial charge in [-0.15, -0.1) is 0 Å². The minimum Gasteiger partial charge on any atom is -0.503 e.